The summed E-state index contributed by atoms with van der Waals surface area (Å²) in [7, 11) is 0. The third-order valence-electron chi connectivity index (χ3n) is 1.47. The quantitative estimate of drug-likeness (QED) is 0.472. The molecule has 0 aromatic heterocycles. The number of nitriles is 1. The van der Waals surface area contributed by atoms with E-state index in [2.05, 4.69) is 0 Å². The number of halogens is 1. The maximum absolute atomic E-state index is 10.7. The van der Waals surface area contributed by atoms with Gasteiger partial charge in [0.2, 0.25) is 0 Å². The van der Waals surface area contributed by atoms with Crippen LogP contribution in [0.3, 0.4) is 0 Å². The maximum atomic E-state index is 10.7. The van der Waals surface area contributed by atoms with Crippen molar-refractivity contribution in [2.24, 2.45) is 0 Å². The molecule has 0 saturated heterocycles. The summed E-state index contributed by atoms with van der Waals surface area (Å²) >= 11 is 3.34. The van der Waals surface area contributed by atoms with Crippen LogP contribution in [-0.2, 0) is 17.5 Å². The molecule has 1 atom stereocenters. The first-order valence-electron chi connectivity index (χ1n) is 3.40. The predicted molar refractivity (Wildman–Crippen MR) is 48.0 cm³/mol. The number of hydrogen-bond acceptors (Lipinski definition) is 3. The van der Waals surface area contributed by atoms with Gasteiger partial charge in [0, 0.05) is 9.92 Å². The van der Waals surface area contributed by atoms with Crippen LogP contribution in [0, 0.1) is 11.3 Å². The van der Waals surface area contributed by atoms with E-state index in [0.717, 1.165) is 0 Å². The third kappa shape index (κ3) is 3.70. The molecule has 0 aliphatic rings. The smallest absolute Gasteiger partial charge is 0.768 e. The average molecular weight is 238 g/mol. The second-order valence-corrected chi connectivity index (χ2v) is 3.67. The van der Waals surface area contributed by atoms with Crippen LogP contribution in [0.5, 0.6) is 0 Å². The van der Waals surface area contributed by atoms with E-state index in [1.54, 1.807) is 0 Å². The van der Waals surface area contributed by atoms with E-state index in [4.69, 9.17) is 16.9 Å². The molecule has 0 radical (unpaired) electrons. The molecule has 0 N–H and O–H groups in total. The van der Waals surface area contributed by atoms with Crippen molar-refractivity contribution >= 4 is 22.7 Å². The second kappa shape index (κ2) is 6.57. The van der Waals surface area contributed by atoms with Crippen molar-refractivity contribution < 1.29 is 38.3 Å². The first-order chi connectivity index (χ1) is 6.15. The Kier molecular flexibility index (Phi) is 6.62. The van der Waals surface area contributed by atoms with Crippen molar-refractivity contribution in [3.63, 3.8) is 0 Å². The zero-order chi connectivity index (χ0) is 9.84. The van der Waals surface area contributed by atoms with Crippen LogP contribution >= 0.6 is 11.6 Å². The molecule has 1 aromatic carbocycles. The van der Waals surface area contributed by atoms with Crippen LogP contribution in [0.1, 0.15) is 5.56 Å². The molecule has 0 saturated carbocycles. The minimum absolute atomic E-state index is 0. The number of hydrogen-bond donors (Lipinski definition) is 0. The molecule has 0 aliphatic carbocycles. The van der Waals surface area contributed by atoms with Crippen LogP contribution in [0.2, 0.25) is 5.02 Å². The zero-order valence-corrected chi connectivity index (χ0v) is 11.1. The third-order valence-corrected chi connectivity index (χ3v) is 2.46. The molecule has 0 spiro atoms. The fraction of sp³-hybridized carbons (Fsp3) is 0.125. The Balaban J connectivity index is 0.00000169. The van der Waals surface area contributed by atoms with Gasteiger partial charge in [0.1, 0.15) is 0 Å². The molecule has 3 nitrogen and oxygen atoms in total. The molecule has 0 heterocycles. The first kappa shape index (κ1) is 14.1. The number of nitrogens with zero attached hydrogens (tertiary/aromatic N) is 1. The Morgan fingerprint density at radius 2 is 2.21 bits per heavy atom. The largest absolute Gasteiger partial charge is 1.00 e. The molecule has 0 amide bonds. The van der Waals surface area contributed by atoms with Crippen molar-refractivity contribution in [3.05, 3.63) is 28.8 Å². The molecular formula is C8H5ClNNaO2S. The molecule has 68 valence electrons. The molecule has 0 aliphatic heterocycles. The van der Waals surface area contributed by atoms with Gasteiger partial charge in [-0.1, -0.05) is 11.6 Å². The average Bonchev–Trinajstić information content (AvgIpc) is 2.04. The minimum atomic E-state index is -2.31. The Hall–Kier alpha value is 0.110. The van der Waals surface area contributed by atoms with Crippen molar-refractivity contribution in [1.29, 1.82) is 5.26 Å². The zero-order valence-electron chi connectivity index (χ0n) is 7.49. The van der Waals surface area contributed by atoms with E-state index >= 15 is 0 Å². The molecule has 1 aromatic rings. The van der Waals surface area contributed by atoms with Crippen LogP contribution in [0.4, 0.5) is 0 Å². The monoisotopic (exact) mass is 237 g/mol. The van der Waals surface area contributed by atoms with E-state index in [1.165, 1.54) is 18.2 Å². The van der Waals surface area contributed by atoms with E-state index < -0.39 is 11.1 Å². The Morgan fingerprint density at radius 1 is 1.57 bits per heavy atom. The van der Waals surface area contributed by atoms with Gasteiger partial charge in [0.05, 0.1) is 12.5 Å². The van der Waals surface area contributed by atoms with Crippen molar-refractivity contribution in [2.75, 3.05) is 0 Å². The van der Waals surface area contributed by atoms with Gasteiger partial charge in [0.15, 0.2) is 0 Å². The van der Waals surface area contributed by atoms with E-state index in [-0.39, 0.29) is 40.9 Å². The van der Waals surface area contributed by atoms with Gasteiger partial charge in [0.25, 0.3) is 0 Å². The molecule has 1 rings (SSSR count). The molecular weight excluding hydrogens is 233 g/mol. The minimum Gasteiger partial charge on any atom is -0.768 e. The van der Waals surface area contributed by atoms with Crippen LogP contribution in [0.25, 0.3) is 0 Å². The Labute approximate surface area is 112 Å². The molecule has 0 fully saturated rings. The number of rotatable bonds is 2. The molecule has 6 heteroatoms. The predicted octanol–water partition coefficient (Wildman–Crippen LogP) is -1.35. The summed E-state index contributed by atoms with van der Waals surface area (Å²) in [4.78, 5) is 0.131. The van der Waals surface area contributed by atoms with E-state index in [1.807, 2.05) is 6.07 Å². The Bertz CT molecular complexity index is 391. The van der Waals surface area contributed by atoms with Crippen LogP contribution < -0.4 is 29.6 Å². The van der Waals surface area contributed by atoms with Gasteiger partial charge >= 0.3 is 29.6 Å². The summed E-state index contributed by atoms with van der Waals surface area (Å²) in [5, 5.41) is 8.85. The summed E-state index contributed by atoms with van der Waals surface area (Å²) in [5.41, 5.74) is 0.434. The first-order valence-corrected chi connectivity index (χ1v) is 4.85. The van der Waals surface area contributed by atoms with Gasteiger partial charge in [-0.3, -0.25) is 4.21 Å². The molecule has 1 unspecified atom stereocenters. The van der Waals surface area contributed by atoms with Crippen molar-refractivity contribution in [2.45, 2.75) is 11.3 Å². The SMILES string of the molecule is N#CCc1cc(Cl)ccc1S(=O)[O-].[Na+]. The maximum Gasteiger partial charge on any atom is 1.00 e. The van der Waals surface area contributed by atoms with Gasteiger partial charge < -0.3 is 4.55 Å². The molecule has 14 heavy (non-hydrogen) atoms. The van der Waals surface area contributed by atoms with Crippen molar-refractivity contribution in [3.8, 4) is 6.07 Å². The number of benzene rings is 1. The summed E-state index contributed by atoms with van der Waals surface area (Å²) in [5.74, 6) is 0. The fourth-order valence-corrected chi connectivity index (χ4v) is 1.65. The summed E-state index contributed by atoms with van der Waals surface area (Å²) in [6.45, 7) is 0. The van der Waals surface area contributed by atoms with Gasteiger partial charge in [-0.25, -0.2) is 0 Å². The molecule has 0 bridgehead atoms. The van der Waals surface area contributed by atoms with E-state index in [9.17, 15) is 8.76 Å². The standard InChI is InChI=1S/C8H6ClNO2S.Na/c9-7-1-2-8(13(11)12)6(5-7)3-4-10;/h1-2,5H,3H2,(H,11,12);/q;+1/p-1. The fourth-order valence-electron chi connectivity index (χ4n) is 0.934. The summed E-state index contributed by atoms with van der Waals surface area (Å²) in [6, 6.07) is 6.22. The van der Waals surface area contributed by atoms with Gasteiger partial charge in [-0.05, 0) is 34.8 Å². The summed E-state index contributed by atoms with van der Waals surface area (Å²) < 4.78 is 21.3. The van der Waals surface area contributed by atoms with Gasteiger partial charge in [-0.15, -0.1) is 0 Å². The van der Waals surface area contributed by atoms with E-state index in [0.29, 0.717) is 10.6 Å². The van der Waals surface area contributed by atoms with Gasteiger partial charge in [-0.2, -0.15) is 5.26 Å². The topological polar surface area (TPSA) is 63.9 Å². The second-order valence-electron chi connectivity index (χ2n) is 2.32. The Morgan fingerprint density at radius 3 is 2.71 bits per heavy atom. The summed E-state index contributed by atoms with van der Waals surface area (Å²) in [6.07, 6.45) is 0.0455. The van der Waals surface area contributed by atoms with Crippen LogP contribution in [0.15, 0.2) is 23.1 Å². The van der Waals surface area contributed by atoms with Crippen molar-refractivity contribution in [1.82, 2.24) is 0 Å². The normalized spacial score (nSPS) is 11.2. The van der Waals surface area contributed by atoms with Crippen LogP contribution in [-0.4, -0.2) is 8.76 Å².